The van der Waals surface area contributed by atoms with E-state index in [1.54, 1.807) is 13.0 Å². The number of ether oxygens (including phenoxy) is 2. The molecule has 0 saturated carbocycles. The maximum atomic E-state index is 13.7. The lowest BCUT2D eigenvalue weighted by molar-refractivity contribution is 0.351. The zero-order valence-corrected chi connectivity index (χ0v) is 13.0. The molecule has 0 fully saturated rings. The molecule has 20 heavy (non-hydrogen) atoms. The van der Waals surface area contributed by atoms with Gasteiger partial charge in [0.25, 0.3) is 0 Å². The number of methoxy groups -OCH3 is 2. The molecule has 0 heterocycles. The van der Waals surface area contributed by atoms with E-state index in [2.05, 4.69) is 6.58 Å². The number of hydrogen-bond donors (Lipinski definition) is 0. The topological polar surface area (TPSA) is 18.5 Å². The van der Waals surface area contributed by atoms with Crippen LogP contribution in [0.25, 0.3) is 5.57 Å². The van der Waals surface area contributed by atoms with Gasteiger partial charge in [0, 0.05) is 27.3 Å². The predicted molar refractivity (Wildman–Crippen MR) is 82.1 cm³/mol. The normalized spacial score (nSPS) is 12.8. The molecular weight excluding hydrogens is 302 g/mol. The van der Waals surface area contributed by atoms with Gasteiger partial charge in [-0.05, 0) is 13.0 Å². The van der Waals surface area contributed by atoms with Crippen LogP contribution in [0.2, 0.25) is 0 Å². The molecule has 5 heteroatoms. The molecule has 0 N–H and O–H groups in total. The monoisotopic (exact) mass is 316 g/mol. The zero-order valence-electron chi connectivity index (χ0n) is 11.5. The summed E-state index contributed by atoms with van der Waals surface area (Å²) in [7, 11) is 2.89. The smallest absolute Gasteiger partial charge is 0.168 e. The maximum absolute atomic E-state index is 13.7. The molecule has 0 radical (unpaired) electrons. The van der Waals surface area contributed by atoms with Gasteiger partial charge >= 0.3 is 0 Å². The zero-order chi connectivity index (χ0) is 15.3. The summed E-state index contributed by atoms with van der Waals surface area (Å²) in [5.74, 6) is 0.127. The van der Waals surface area contributed by atoms with Crippen molar-refractivity contribution < 1.29 is 13.9 Å². The average molecular weight is 317 g/mol. The van der Waals surface area contributed by atoms with Crippen LogP contribution >= 0.6 is 23.2 Å². The Kier molecular flexibility index (Phi) is 6.11. The lowest BCUT2D eigenvalue weighted by atomic mass is 10.0. The SMILES string of the molecule is C=C/C(Cl)=C(\C(Cl)=C/C)c1cc(F)cc(OC)c1OC. The summed E-state index contributed by atoms with van der Waals surface area (Å²) in [5.41, 5.74) is 0.831. The van der Waals surface area contributed by atoms with E-state index in [-0.39, 0.29) is 5.75 Å². The molecule has 0 aliphatic heterocycles. The van der Waals surface area contributed by atoms with Gasteiger partial charge in [-0.2, -0.15) is 0 Å². The summed E-state index contributed by atoms with van der Waals surface area (Å²) in [4.78, 5) is 0. The molecule has 1 aromatic carbocycles. The van der Waals surface area contributed by atoms with Crippen molar-refractivity contribution in [3.63, 3.8) is 0 Å². The highest BCUT2D eigenvalue weighted by atomic mass is 35.5. The molecule has 0 saturated heterocycles. The summed E-state index contributed by atoms with van der Waals surface area (Å²) < 4.78 is 24.1. The number of allylic oxidation sites excluding steroid dienone is 5. The largest absolute Gasteiger partial charge is 0.493 e. The molecule has 0 aliphatic carbocycles. The van der Waals surface area contributed by atoms with Crippen molar-refractivity contribution in [3.8, 4) is 11.5 Å². The third-order valence-corrected chi connectivity index (χ3v) is 3.37. The van der Waals surface area contributed by atoms with E-state index in [9.17, 15) is 4.39 Å². The first-order chi connectivity index (χ1) is 9.49. The van der Waals surface area contributed by atoms with E-state index in [0.717, 1.165) is 0 Å². The van der Waals surface area contributed by atoms with E-state index in [0.29, 0.717) is 27.0 Å². The van der Waals surface area contributed by atoms with Gasteiger partial charge in [0.1, 0.15) is 5.82 Å². The fraction of sp³-hybridized carbons (Fsp3) is 0.200. The van der Waals surface area contributed by atoms with Gasteiger partial charge in [0.05, 0.1) is 14.2 Å². The second-order valence-corrected chi connectivity index (χ2v) is 4.57. The molecule has 1 rings (SSSR count). The summed E-state index contributed by atoms with van der Waals surface area (Å²) in [6, 6.07) is 2.51. The van der Waals surface area contributed by atoms with E-state index >= 15 is 0 Å². The number of benzene rings is 1. The lowest BCUT2D eigenvalue weighted by Crippen LogP contribution is -1.98. The van der Waals surface area contributed by atoms with Crippen LogP contribution < -0.4 is 9.47 Å². The van der Waals surface area contributed by atoms with Gasteiger partial charge in [0.15, 0.2) is 11.5 Å². The fourth-order valence-electron chi connectivity index (χ4n) is 1.73. The second kappa shape index (κ2) is 7.36. The van der Waals surface area contributed by atoms with Crippen LogP contribution in [-0.4, -0.2) is 14.2 Å². The van der Waals surface area contributed by atoms with Gasteiger partial charge in [-0.25, -0.2) is 4.39 Å². The van der Waals surface area contributed by atoms with Crippen molar-refractivity contribution >= 4 is 28.8 Å². The lowest BCUT2D eigenvalue weighted by Gasteiger charge is -2.16. The minimum absolute atomic E-state index is 0.258. The first-order valence-electron chi connectivity index (χ1n) is 5.76. The van der Waals surface area contributed by atoms with Gasteiger partial charge in [-0.15, -0.1) is 0 Å². The third kappa shape index (κ3) is 3.35. The molecule has 0 spiro atoms. The standard InChI is InChI=1S/C15H15Cl2FO2/c1-5-11(16)14(12(17)6-2)10-7-9(18)8-13(19-3)15(10)20-4/h5-8H,1H2,2-4H3/b12-6+,14-11+. The van der Waals surface area contributed by atoms with Gasteiger partial charge in [0.2, 0.25) is 0 Å². The fourth-order valence-corrected chi connectivity index (χ4v) is 2.19. The van der Waals surface area contributed by atoms with Gasteiger partial charge in [-0.1, -0.05) is 41.9 Å². The number of halogens is 3. The Labute approximate surface area is 128 Å². The van der Waals surface area contributed by atoms with Crippen molar-refractivity contribution in [3.05, 3.63) is 52.3 Å². The van der Waals surface area contributed by atoms with Crippen LogP contribution in [0, 0.1) is 5.82 Å². The molecular formula is C15H15Cl2FO2. The van der Waals surface area contributed by atoms with Crippen LogP contribution in [0.4, 0.5) is 4.39 Å². The minimum atomic E-state index is -0.482. The molecule has 2 nitrogen and oxygen atoms in total. The van der Waals surface area contributed by atoms with E-state index < -0.39 is 5.82 Å². The van der Waals surface area contributed by atoms with Crippen LogP contribution in [0.15, 0.2) is 40.9 Å². The Morgan fingerprint density at radius 2 is 1.90 bits per heavy atom. The Morgan fingerprint density at radius 3 is 2.35 bits per heavy atom. The van der Waals surface area contributed by atoms with Crippen molar-refractivity contribution in [2.75, 3.05) is 14.2 Å². The first kappa shape index (κ1) is 16.6. The van der Waals surface area contributed by atoms with E-state index in [4.69, 9.17) is 32.7 Å². The number of hydrogen-bond acceptors (Lipinski definition) is 2. The molecule has 0 atom stereocenters. The van der Waals surface area contributed by atoms with Crippen molar-refractivity contribution in [2.24, 2.45) is 0 Å². The molecule has 108 valence electrons. The summed E-state index contributed by atoms with van der Waals surface area (Å²) >= 11 is 12.3. The minimum Gasteiger partial charge on any atom is -0.493 e. The molecule has 0 bridgehead atoms. The molecule has 0 amide bonds. The van der Waals surface area contributed by atoms with Crippen LogP contribution in [0.3, 0.4) is 0 Å². The van der Waals surface area contributed by atoms with Crippen LogP contribution in [-0.2, 0) is 0 Å². The molecule has 0 aliphatic rings. The second-order valence-electron chi connectivity index (χ2n) is 3.75. The van der Waals surface area contributed by atoms with Crippen LogP contribution in [0.1, 0.15) is 12.5 Å². The highest BCUT2D eigenvalue weighted by Gasteiger charge is 2.19. The molecule has 0 aromatic heterocycles. The van der Waals surface area contributed by atoms with Gasteiger partial charge < -0.3 is 9.47 Å². The highest BCUT2D eigenvalue weighted by Crippen LogP contribution is 2.42. The van der Waals surface area contributed by atoms with E-state index in [1.165, 1.54) is 32.4 Å². The van der Waals surface area contributed by atoms with Gasteiger partial charge in [-0.3, -0.25) is 0 Å². The summed E-state index contributed by atoms with van der Waals surface area (Å²) in [5, 5.41) is 0.653. The highest BCUT2D eigenvalue weighted by molar-refractivity contribution is 6.42. The quantitative estimate of drug-likeness (QED) is 0.702. The molecule has 0 unspecified atom stereocenters. The number of rotatable bonds is 5. The van der Waals surface area contributed by atoms with Crippen molar-refractivity contribution in [1.82, 2.24) is 0 Å². The Balaban J connectivity index is 3.73. The predicted octanol–water partition coefficient (Wildman–Crippen LogP) is 5.12. The van der Waals surface area contributed by atoms with E-state index in [1.807, 2.05) is 0 Å². The summed E-state index contributed by atoms with van der Waals surface area (Å²) in [6.45, 7) is 5.35. The third-order valence-electron chi connectivity index (χ3n) is 2.62. The first-order valence-corrected chi connectivity index (χ1v) is 6.52. The van der Waals surface area contributed by atoms with Crippen molar-refractivity contribution in [2.45, 2.75) is 6.92 Å². The maximum Gasteiger partial charge on any atom is 0.168 e. The Bertz CT molecular complexity index is 577. The Morgan fingerprint density at radius 1 is 1.25 bits per heavy atom. The van der Waals surface area contributed by atoms with Crippen molar-refractivity contribution in [1.29, 1.82) is 0 Å². The summed E-state index contributed by atoms with van der Waals surface area (Å²) in [6.07, 6.45) is 3.08. The van der Waals surface area contributed by atoms with Crippen LogP contribution in [0.5, 0.6) is 11.5 Å². The Hall–Kier alpha value is -1.45. The molecule has 1 aromatic rings. The average Bonchev–Trinajstić information content (AvgIpc) is 2.46.